The Balaban J connectivity index is 1.40. The molecular formula is C19H18N6O3S2. The molecule has 0 unspecified atom stereocenters. The van der Waals surface area contributed by atoms with Gasteiger partial charge in [0.25, 0.3) is 11.4 Å². The maximum Gasteiger partial charge on any atom is 0.262 e. The molecule has 0 N–H and O–H groups in total. The molecule has 1 fully saturated rings. The van der Waals surface area contributed by atoms with Crippen molar-refractivity contribution in [3.05, 3.63) is 45.2 Å². The van der Waals surface area contributed by atoms with Crippen molar-refractivity contribution in [3.8, 4) is 10.8 Å². The number of likely N-dealkylation sites (tertiary alicyclic amines) is 1. The van der Waals surface area contributed by atoms with Gasteiger partial charge in [-0.2, -0.15) is 0 Å². The molecule has 0 spiro atoms. The maximum absolute atomic E-state index is 13.1. The molecule has 154 valence electrons. The number of carbonyl (C=O) groups excluding carboxylic acids is 1. The van der Waals surface area contributed by atoms with Crippen LogP contribution < -0.4 is 5.56 Å². The van der Waals surface area contributed by atoms with Gasteiger partial charge >= 0.3 is 0 Å². The molecule has 5 heterocycles. The van der Waals surface area contributed by atoms with E-state index in [1.165, 1.54) is 33.6 Å². The molecule has 4 aromatic heterocycles. The van der Waals surface area contributed by atoms with Gasteiger partial charge in [-0.25, -0.2) is 9.97 Å². The Kier molecular flexibility index (Phi) is 4.91. The number of amides is 1. The molecule has 4 aromatic rings. The van der Waals surface area contributed by atoms with Crippen LogP contribution >= 0.6 is 22.7 Å². The van der Waals surface area contributed by atoms with Crippen LogP contribution in [0.2, 0.25) is 0 Å². The van der Waals surface area contributed by atoms with E-state index >= 15 is 0 Å². The highest BCUT2D eigenvalue weighted by atomic mass is 32.1. The summed E-state index contributed by atoms with van der Waals surface area (Å²) in [6.07, 6.45) is 4.04. The SMILES string of the molecule is Cc1ncsc1-c1nnc([C@@H]2CCCCN2C(=O)Cn2cnc3sccc3c2=O)o1. The number of carbonyl (C=O) groups is 1. The largest absolute Gasteiger partial charge is 0.418 e. The Morgan fingerprint density at radius 2 is 2.17 bits per heavy atom. The van der Waals surface area contributed by atoms with Crippen molar-refractivity contribution in [2.24, 2.45) is 0 Å². The number of nitrogens with zero attached hydrogens (tertiary/aromatic N) is 6. The highest BCUT2D eigenvalue weighted by molar-refractivity contribution is 7.16. The molecule has 1 atom stereocenters. The predicted molar refractivity (Wildman–Crippen MR) is 112 cm³/mol. The number of hydrogen-bond donors (Lipinski definition) is 0. The smallest absolute Gasteiger partial charge is 0.262 e. The fourth-order valence-electron chi connectivity index (χ4n) is 3.70. The molecule has 0 bridgehead atoms. The zero-order chi connectivity index (χ0) is 20.7. The molecule has 1 aliphatic heterocycles. The summed E-state index contributed by atoms with van der Waals surface area (Å²) in [4.78, 5) is 37.5. The van der Waals surface area contributed by atoms with Gasteiger partial charge < -0.3 is 9.32 Å². The van der Waals surface area contributed by atoms with Gasteiger partial charge in [0.05, 0.1) is 22.9 Å². The number of thiazole rings is 1. The van der Waals surface area contributed by atoms with Crippen LogP contribution in [0.4, 0.5) is 0 Å². The summed E-state index contributed by atoms with van der Waals surface area (Å²) >= 11 is 2.85. The summed E-state index contributed by atoms with van der Waals surface area (Å²) in [7, 11) is 0. The van der Waals surface area contributed by atoms with Gasteiger partial charge in [0.1, 0.15) is 22.3 Å². The lowest BCUT2D eigenvalue weighted by molar-refractivity contribution is -0.136. The average molecular weight is 443 g/mol. The minimum absolute atomic E-state index is 0.0664. The Hall–Kier alpha value is -2.92. The van der Waals surface area contributed by atoms with Crippen LogP contribution in [0, 0.1) is 6.92 Å². The van der Waals surface area contributed by atoms with Crippen LogP contribution in [-0.4, -0.2) is 42.1 Å². The van der Waals surface area contributed by atoms with Gasteiger partial charge in [0.2, 0.25) is 11.8 Å². The minimum Gasteiger partial charge on any atom is -0.418 e. The Bertz CT molecular complexity index is 1270. The lowest BCUT2D eigenvalue weighted by Crippen LogP contribution is -2.41. The van der Waals surface area contributed by atoms with E-state index in [0.717, 1.165) is 29.8 Å². The van der Waals surface area contributed by atoms with E-state index in [1.807, 2.05) is 12.3 Å². The van der Waals surface area contributed by atoms with Crippen LogP contribution in [0.3, 0.4) is 0 Å². The number of piperidine rings is 1. The molecule has 1 amide bonds. The Morgan fingerprint density at radius 3 is 3.00 bits per heavy atom. The second kappa shape index (κ2) is 7.73. The molecule has 30 heavy (non-hydrogen) atoms. The fourth-order valence-corrected chi connectivity index (χ4v) is 5.14. The van der Waals surface area contributed by atoms with E-state index in [9.17, 15) is 9.59 Å². The molecule has 1 aliphatic rings. The molecular weight excluding hydrogens is 424 g/mol. The van der Waals surface area contributed by atoms with Crippen LogP contribution in [0.5, 0.6) is 0 Å². The second-order valence-corrected chi connectivity index (χ2v) is 8.88. The minimum atomic E-state index is -0.297. The van der Waals surface area contributed by atoms with E-state index in [0.29, 0.717) is 28.5 Å². The zero-order valence-corrected chi connectivity index (χ0v) is 17.8. The van der Waals surface area contributed by atoms with Crippen molar-refractivity contribution in [1.82, 2.24) is 29.6 Å². The lowest BCUT2D eigenvalue weighted by Gasteiger charge is -2.33. The third-order valence-electron chi connectivity index (χ3n) is 5.24. The number of hydrogen-bond acceptors (Lipinski definition) is 9. The van der Waals surface area contributed by atoms with Crippen molar-refractivity contribution < 1.29 is 9.21 Å². The second-order valence-electron chi connectivity index (χ2n) is 7.13. The monoisotopic (exact) mass is 442 g/mol. The van der Waals surface area contributed by atoms with E-state index in [4.69, 9.17) is 4.42 Å². The molecule has 0 radical (unpaired) electrons. The van der Waals surface area contributed by atoms with Crippen molar-refractivity contribution in [3.63, 3.8) is 0 Å². The standard InChI is InChI=1S/C19H18N6O3S2/c1-11-15(30-10-21-11)17-23-22-16(28-17)13-4-2-3-6-25(13)14(26)8-24-9-20-18-12(19(24)27)5-7-29-18/h5,7,9-10,13H,2-4,6,8H2,1H3/t13-/m0/s1. The summed E-state index contributed by atoms with van der Waals surface area (Å²) in [5.41, 5.74) is 2.37. The van der Waals surface area contributed by atoms with Crippen LogP contribution in [-0.2, 0) is 11.3 Å². The molecule has 0 aliphatic carbocycles. The Morgan fingerprint density at radius 1 is 1.27 bits per heavy atom. The first-order valence-electron chi connectivity index (χ1n) is 9.58. The van der Waals surface area contributed by atoms with Crippen LogP contribution in [0.1, 0.15) is 36.9 Å². The van der Waals surface area contributed by atoms with Gasteiger partial charge in [-0.15, -0.1) is 32.9 Å². The molecule has 5 rings (SSSR count). The van der Waals surface area contributed by atoms with Gasteiger partial charge in [-0.1, -0.05) is 0 Å². The molecule has 0 aromatic carbocycles. The number of aromatic nitrogens is 5. The first-order valence-corrected chi connectivity index (χ1v) is 11.3. The number of rotatable bonds is 4. The van der Waals surface area contributed by atoms with Crippen molar-refractivity contribution in [2.45, 2.75) is 38.8 Å². The lowest BCUT2D eigenvalue weighted by atomic mass is 10.0. The summed E-state index contributed by atoms with van der Waals surface area (Å²) in [5, 5.41) is 10.7. The van der Waals surface area contributed by atoms with E-state index < -0.39 is 0 Å². The third kappa shape index (κ3) is 3.33. The maximum atomic E-state index is 13.1. The van der Waals surface area contributed by atoms with E-state index in [-0.39, 0.29) is 24.1 Å². The normalized spacial score (nSPS) is 17.0. The highest BCUT2D eigenvalue weighted by Gasteiger charge is 2.32. The van der Waals surface area contributed by atoms with Crippen molar-refractivity contribution in [1.29, 1.82) is 0 Å². The van der Waals surface area contributed by atoms with Crippen LogP contribution in [0.25, 0.3) is 21.0 Å². The topological polar surface area (TPSA) is 107 Å². The molecule has 9 nitrogen and oxygen atoms in total. The fraction of sp³-hybridized carbons (Fsp3) is 0.368. The molecule has 0 saturated carbocycles. The van der Waals surface area contributed by atoms with Crippen molar-refractivity contribution in [2.75, 3.05) is 6.54 Å². The summed E-state index contributed by atoms with van der Waals surface area (Å²) < 4.78 is 7.29. The first kappa shape index (κ1) is 19.1. The Labute approximate surface area is 179 Å². The van der Waals surface area contributed by atoms with Gasteiger partial charge in [0, 0.05) is 6.54 Å². The third-order valence-corrected chi connectivity index (χ3v) is 6.98. The summed E-state index contributed by atoms with van der Waals surface area (Å²) in [6, 6.07) is 1.44. The van der Waals surface area contributed by atoms with Gasteiger partial charge in [-0.3, -0.25) is 14.2 Å². The zero-order valence-electron chi connectivity index (χ0n) is 16.1. The molecule has 11 heteroatoms. The van der Waals surface area contributed by atoms with Crippen LogP contribution in [0.15, 0.2) is 32.5 Å². The average Bonchev–Trinajstić information content (AvgIpc) is 3.50. The number of thiophene rings is 1. The van der Waals surface area contributed by atoms with E-state index in [1.54, 1.807) is 16.5 Å². The quantitative estimate of drug-likeness (QED) is 0.478. The van der Waals surface area contributed by atoms with Crippen molar-refractivity contribution >= 4 is 38.8 Å². The number of fused-ring (bicyclic) bond motifs is 1. The van der Waals surface area contributed by atoms with Gasteiger partial charge in [-0.05, 0) is 37.6 Å². The highest BCUT2D eigenvalue weighted by Crippen LogP contribution is 2.33. The van der Waals surface area contributed by atoms with E-state index in [2.05, 4.69) is 20.2 Å². The summed E-state index contributed by atoms with van der Waals surface area (Å²) in [6.45, 7) is 2.41. The summed E-state index contributed by atoms with van der Waals surface area (Å²) in [5.74, 6) is 0.683. The first-order chi connectivity index (χ1) is 14.6. The van der Waals surface area contributed by atoms with Gasteiger partial charge in [0.15, 0.2) is 0 Å². The number of aryl methyl sites for hydroxylation is 1. The molecule has 1 saturated heterocycles. The predicted octanol–water partition coefficient (Wildman–Crippen LogP) is 3.03.